The molecule has 3 nitrogen and oxygen atoms in total. The summed E-state index contributed by atoms with van der Waals surface area (Å²) >= 11 is 6.36. The number of hydrogen-bond donors (Lipinski definition) is 1. The molecule has 2 heterocycles. The molecule has 0 amide bonds. The molecule has 2 aliphatic rings. The van der Waals surface area contributed by atoms with Gasteiger partial charge in [-0.2, -0.15) is 0 Å². The number of aliphatic hydroxyl groups excluding tert-OH is 1. The molecule has 0 radical (unpaired) electrons. The van der Waals surface area contributed by atoms with Gasteiger partial charge in [0.1, 0.15) is 0 Å². The van der Waals surface area contributed by atoms with Crippen LogP contribution >= 0.6 is 11.6 Å². The lowest BCUT2D eigenvalue weighted by atomic mass is 10.1. The zero-order valence-electron chi connectivity index (χ0n) is 11.9. The predicted molar refractivity (Wildman–Crippen MR) is 83.4 cm³/mol. The number of piperidine rings is 1. The number of halogens is 1. The first-order chi connectivity index (χ1) is 9.79. The van der Waals surface area contributed by atoms with Gasteiger partial charge in [-0.25, -0.2) is 0 Å². The van der Waals surface area contributed by atoms with E-state index in [9.17, 15) is 5.11 Å². The van der Waals surface area contributed by atoms with E-state index in [0.717, 1.165) is 29.4 Å². The van der Waals surface area contributed by atoms with Crippen molar-refractivity contribution in [1.29, 1.82) is 0 Å². The number of likely N-dealkylation sites (tertiary alicyclic amines) is 1. The van der Waals surface area contributed by atoms with Gasteiger partial charge in [-0.1, -0.05) is 30.2 Å². The minimum absolute atomic E-state index is 0.0563. The van der Waals surface area contributed by atoms with Crippen molar-refractivity contribution in [2.75, 3.05) is 31.1 Å². The summed E-state index contributed by atoms with van der Waals surface area (Å²) in [6, 6.07) is 6.45. The Labute approximate surface area is 126 Å². The van der Waals surface area contributed by atoms with Crippen LogP contribution in [0.3, 0.4) is 0 Å². The zero-order chi connectivity index (χ0) is 13.9. The average molecular weight is 295 g/mol. The molecule has 0 aromatic heterocycles. The van der Waals surface area contributed by atoms with Crippen LogP contribution in [0.4, 0.5) is 5.69 Å². The van der Waals surface area contributed by atoms with Gasteiger partial charge in [-0.3, -0.25) is 4.90 Å². The third-order valence-corrected chi connectivity index (χ3v) is 4.93. The van der Waals surface area contributed by atoms with Crippen LogP contribution < -0.4 is 4.90 Å². The molecule has 3 rings (SSSR count). The average Bonchev–Trinajstić information content (AvgIpc) is 2.97. The number of anilines is 1. The molecule has 4 heteroatoms. The van der Waals surface area contributed by atoms with Crippen molar-refractivity contribution in [2.24, 2.45) is 0 Å². The van der Waals surface area contributed by atoms with E-state index < -0.39 is 0 Å². The van der Waals surface area contributed by atoms with E-state index in [4.69, 9.17) is 11.6 Å². The number of nitrogens with zero attached hydrogens (tertiary/aromatic N) is 2. The summed E-state index contributed by atoms with van der Waals surface area (Å²) < 4.78 is 0. The summed E-state index contributed by atoms with van der Waals surface area (Å²) in [6.07, 6.45) is 5.26. The highest BCUT2D eigenvalue weighted by Crippen LogP contribution is 2.33. The summed E-state index contributed by atoms with van der Waals surface area (Å²) in [5.41, 5.74) is 1.98. The van der Waals surface area contributed by atoms with E-state index in [0.29, 0.717) is 6.04 Å². The highest BCUT2D eigenvalue weighted by molar-refractivity contribution is 6.33. The maximum atomic E-state index is 9.52. The Hall–Kier alpha value is -0.770. The predicted octanol–water partition coefficient (Wildman–Crippen LogP) is 2.90. The summed E-state index contributed by atoms with van der Waals surface area (Å²) in [5, 5.41) is 10.3. The molecule has 2 fully saturated rings. The van der Waals surface area contributed by atoms with Crippen LogP contribution in [0.5, 0.6) is 0 Å². The smallest absolute Gasteiger partial charge is 0.0702 e. The van der Waals surface area contributed by atoms with E-state index in [1.807, 2.05) is 18.2 Å². The minimum atomic E-state index is 0.0563. The van der Waals surface area contributed by atoms with E-state index in [1.54, 1.807) is 0 Å². The van der Waals surface area contributed by atoms with Crippen LogP contribution in [-0.2, 0) is 6.61 Å². The fourth-order valence-electron chi connectivity index (χ4n) is 3.57. The van der Waals surface area contributed by atoms with Crippen LogP contribution in [0.2, 0.25) is 5.02 Å². The first kappa shape index (κ1) is 14.2. The highest BCUT2D eigenvalue weighted by atomic mass is 35.5. The molecule has 0 saturated carbocycles. The van der Waals surface area contributed by atoms with Crippen molar-refractivity contribution >= 4 is 17.3 Å². The molecule has 20 heavy (non-hydrogen) atoms. The van der Waals surface area contributed by atoms with Crippen molar-refractivity contribution in [1.82, 2.24) is 4.90 Å². The Morgan fingerprint density at radius 2 is 1.95 bits per heavy atom. The fraction of sp³-hybridized carbons (Fsp3) is 0.625. The molecular weight excluding hydrogens is 272 g/mol. The van der Waals surface area contributed by atoms with Gasteiger partial charge in [0.2, 0.25) is 0 Å². The van der Waals surface area contributed by atoms with E-state index in [1.165, 1.54) is 38.8 Å². The molecule has 110 valence electrons. The SMILES string of the molecule is OCc1cccc(Cl)c1N1CCC(N2CCCCC2)C1. The number of benzene rings is 1. The topological polar surface area (TPSA) is 26.7 Å². The van der Waals surface area contributed by atoms with Crippen molar-refractivity contribution in [3.8, 4) is 0 Å². The van der Waals surface area contributed by atoms with Crippen LogP contribution in [0.15, 0.2) is 18.2 Å². The van der Waals surface area contributed by atoms with Gasteiger partial charge >= 0.3 is 0 Å². The van der Waals surface area contributed by atoms with E-state index >= 15 is 0 Å². The Balaban J connectivity index is 1.73. The minimum Gasteiger partial charge on any atom is -0.392 e. The Morgan fingerprint density at radius 1 is 1.15 bits per heavy atom. The third kappa shape index (κ3) is 2.80. The van der Waals surface area contributed by atoms with Gasteiger partial charge in [0.15, 0.2) is 0 Å². The second-order valence-corrected chi connectivity index (χ2v) is 6.30. The van der Waals surface area contributed by atoms with Gasteiger partial charge in [0.25, 0.3) is 0 Å². The van der Waals surface area contributed by atoms with E-state index in [2.05, 4.69) is 9.80 Å². The molecule has 1 atom stereocenters. The highest BCUT2D eigenvalue weighted by Gasteiger charge is 2.30. The Kier molecular flexibility index (Phi) is 4.49. The summed E-state index contributed by atoms with van der Waals surface area (Å²) in [6.45, 7) is 4.62. The molecule has 1 aromatic carbocycles. The Bertz CT molecular complexity index is 460. The number of hydrogen-bond acceptors (Lipinski definition) is 3. The number of rotatable bonds is 3. The maximum absolute atomic E-state index is 9.52. The van der Waals surface area contributed by atoms with Gasteiger partial charge in [-0.15, -0.1) is 0 Å². The number of aliphatic hydroxyl groups is 1. The first-order valence-electron chi connectivity index (χ1n) is 7.67. The maximum Gasteiger partial charge on any atom is 0.0702 e. The standard InChI is InChI=1S/C16H23ClN2O/c17-15-6-4-5-13(12-20)16(15)19-10-7-14(11-19)18-8-2-1-3-9-18/h4-6,14,20H,1-3,7-12H2. The largest absolute Gasteiger partial charge is 0.392 e. The fourth-order valence-corrected chi connectivity index (χ4v) is 3.88. The summed E-state index contributed by atoms with van der Waals surface area (Å²) in [7, 11) is 0. The van der Waals surface area contributed by atoms with Gasteiger partial charge in [-0.05, 0) is 38.4 Å². The lowest BCUT2D eigenvalue weighted by Gasteiger charge is -2.32. The summed E-state index contributed by atoms with van der Waals surface area (Å²) in [4.78, 5) is 4.99. The second-order valence-electron chi connectivity index (χ2n) is 5.89. The molecule has 1 unspecified atom stereocenters. The molecule has 2 saturated heterocycles. The van der Waals surface area contributed by atoms with Gasteiger partial charge in [0, 0.05) is 24.7 Å². The van der Waals surface area contributed by atoms with Gasteiger partial charge < -0.3 is 10.0 Å². The molecule has 1 N–H and O–H groups in total. The van der Waals surface area contributed by atoms with Crippen LogP contribution in [0.1, 0.15) is 31.2 Å². The first-order valence-corrected chi connectivity index (χ1v) is 8.04. The van der Waals surface area contributed by atoms with Crippen molar-refractivity contribution in [3.63, 3.8) is 0 Å². The lowest BCUT2D eigenvalue weighted by Crippen LogP contribution is -2.41. The third-order valence-electron chi connectivity index (χ3n) is 4.63. The molecule has 2 aliphatic heterocycles. The molecule has 1 aromatic rings. The van der Waals surface area contributed by atoms with Gasteiger partial charge in [0.05, 0.1) is 17.3 Å². The monoisotopic (exact) mass is 294 g/mol. The van der Waals surface area contributed by atoms with Crippen molar-refractivity contribution in [2.45, 2.75) is 38.3 Å². The molecule has 0 bridgehead atoms. The zero-order valence-corrected chi connectivity index (χ0v) is 12.6. The van der Waals surface area contributed by atoms with Crippen molar-refractivity contribution < 1.29 is 5.11 Å². The van der Waals surface area contributed by atoms with Crippen LogP contribution in [0, 0.1) is 0 Å². The number of para-hydroxylation sites is 1. The second kappa shape index (κ2) is 6.33. The molecular formula is C16H23ClN2O. The normalized spacial score (nSPS) is 24.3. The van der Waals surface area contributed by atoms with Crippen LogP contribution in [0.25, 0.3) is 0 Å². The van der Waals surface area contributed by atoms with E-state index in [-0.39, 0.29) is 6.61 Å². The summed E-state index contributed by atoms with van der Waals surface area (Å²) in [5.74, 6) is 0. The van der Waals surface area contributed by atoms with Crippen molar-refractivity contribution in [3.05, 3.63) is 28.8 Å². The lowest BCUT2D eigenvalue weighted by molar-refractivity contribution is 0.175. The quantitative estimate of drug-likeness (QED) is 0.928. The van der Waals surface area contributed by atoms with Crippen LogP contribution in [-0.4, -0.2) is 42.2 Å². The molecule has 0 spiro atoms. The molecule has 0 aliphatic carbocycles. The Morgan fingerprint density at radius 3 is 2.70 bits per heavy atom.